The number of nitrogens with zero attached hydrogens (tertiary/aromatic N) is 2. The van der Waals surface area contributed by atoms with Crippen LogP contribution in [0.4, 0.5) is 11.4 Å². The summed E-state index contributed by atoms with van der Waals surface area (Å²) < 4.78 is 0. The van der Waals surface area contributed by atoms with Gasteiger partial charge in [0.25, 0.3) is 0 Å². The van der Waals surface area contributed by atoms with Crippen LogP contribution in [-0.2, 0) is 0 Å². The van der Waals surface area contributed by atoms with E-state index in [4.69, 9.17) is 0 Å². The number of aliphatic imine (C=N–C) groups is 1. The van der Waals surface area contributed by atoms with Gasteiger partial charge in [0.15, 0.2) is 0 Å². The van der Waals surface area contributed by atoms with Crippen molar-refractivity contribution in [1.29, 1.82) is 0 Å². The van der Waals surface area contributed by atoms with E-state index in [-0.39, 0.29) is 6.61 Å². The third-order valence-electron chi connectivity index (χ3n) is 3.00. The van der Waals surface area contributed by atoms with Gasteiger partial charge in [-0.15, -0.1) is 0 Å². The second kappa shape index (κ2) is 3.32. The average molecular weight is 212 g/mol. The van der Waals surface area contributed by atoms with Gasteiger partial charge in [-0.3, -0.25) is 0 Å². The van der Waals surface area contributed by atoms with Crippen LogP contribution in [0.5, 0.6) is 0 Å². The fourth-order valence-electron chi connectivity index (χ4n) is 2.17. The van der Waals surface area contributed by atoms with Gasteiger partial charge in [-0.1, -0.05) is 24.3 Å². The molecule has 1 N–H and O–H groups in total. The standard InChI is InChI=1S/C13H12N2O/c1-15-11-7-3-5-9-4-2-6-10(13(9)11)14-12(15)8-16/h2-7,16H,8H2,1H3. The summed E-state index contributed by atoms with van der Waals surface area (Å²) in [5.74, 6) is 0.686. The molecular formula is C13H12N2O. The Morgan fingerprint density at radius 2 is 1.94 bits per heavy atom. The van der Waals surface area contributed by atoms with Crippen molar-refractivity contribution in [3.63, 3.8) is 0 Å². The Hall–Kier alpha value is -1.87. The maximum absolute atomic E-state index is 9.27. The average Bonchev–Trinajstić information content (AvgIpc) is 2.33. The van der Waals surface area contributed by atoms with Gasteiger partial charge >= 0.3 is 0 Å². The lowest BCUT2D eigenvalue weighted by Crippen LogP contribution is -2.30. The molecule has 0 saturated heterocycles. The van der Waals surface area contributed by atoms with Crippen LogP contribution < -0.4 is 4.90 Å². The molecule has 0 amide bonds. The van der Waals surface area contributed by atoms with Crippen LogP contribution >= 0.6 is 0 Å². The minimum absolute atomic E-state index is 0.0405. The van der Waals surface area contributed by atoms with Crippen molar-refractivity contribution in [2.45, 2.75) is 0 Å². The lowest BCUT2D eigenvalue weighted by Gasteiger charge is -2.26. The van der Waals surface area contributed by atoms with Crippen molar-refractivity contribution >= 4 is 28.0 Å². The van der Waals surface area contributed by atoms with E-state index < -0.39 is 0 Å². The Morgan fingerprint density at radius 1 is 1.19 bits per heavy atom. The topological polar surface area (TPSA) is 35.8 Å². The minimum atomic E-state index is -0.0405. The van der Waals surface area contributed by atoms with E-state index in [1.165, 1.54) is 5.39 Å². The number of amidine groups is 1. The molecule has 3 heteroatoms. The molecule has 0 fully saturated rings. The molecule has 2 aromatic carbocycles. The predicted molar refractivity (Wildman–Crippen MR) is 66.5 cm³/mol. The van der Waals surface area contributed by atoms with Gasteiger partial charge in [0, 0.05) is 12.4 Å². The Labute approximate surface area is 93.7 Å². The fraction of sp³-hybridized carbons (Fsp3) is 0.154. The zero-order valence-electron chi connectivity index (χ0n) is 9.01. The van der Waals surface area contributed by atoms with E-state index in [1.807, 2.05) is 30.1 Å². The predicted octanol–water partition coefficient (Wildman–Crippen LogP) is 2.31. The SMILES string of the molecule is CN1C(CO)=Nc2cccc3cccc1c23. The normalized spacial score (nSPS) is 14.1. The van der Waals surface area contributed by atoms with Crippen LogP contribution in [0.15, 0.2) is 41.4 Å². The van der Waals surface area contributed by atoms with Crippen LogP contribution in [0, 0.1) is 0 Å². The quantitative estimate of drug-likeness (QED) is 0.787. The van der Waals surface area contributed by atoms with Gasteiger partial charge in [-0.05, 0) is 17.5 Å². The monoisotopic (exact) mass is 212 g/mol. The highest BCUT2D eigenvalue weighted by molar-refractivity contribution is 6.14. The number of hydrogen-bond acceptors (Lipinski definition) is 3. The Bertz CT molecular complexity index is 584. The van der Waals surface area contributed by atoms with Gasteiger partial charge in [-0.25, -0.2) is 4.99 Å². The Kier molecular flexibility index (Phi) is 1.94. The minimum Gasteiger partial charge on any atom is -0.388 e. The van der Waals surface area contributed by atoms with Crippen molar-refractivity contribution in [3.8, 4) is 0 Å². The molecule has 3 nitrogen and oxygen atoms in total. The molecule has 0 saturated carbocycles. The first-order valence-electron chi connectivity index (χ1n) is 5.25. The van der Waals surface area contributed by atoms with Crippen molar-refractivity contribution in [1.82, 2.24) is 0 Å². The zero-order valence-corrected chi connectivity index (χ0v) is 9.01. The molecule has 80 valence electrons. The number of benzene rings is 2. The Balaban J connectivity index is 2.41. The highest BCUT2D eigenvalue weighted by Crippen LogP contribution is 2.37. The molecule has 1 aliphatic rings. The number of hydrogen-bond donors (Lipinski definition) is 1. The van der Waals surface area contributed by atoms with Gasteiger partial charge in [0.2, 0.25) is 0 Å². The maximum Gasteiger partial charge on any atom is 0.135 e. The lowest BCUT2D eigenvalue weighted by atomic mass is 10.0. The largest absolute Gasteiger partial charge is 0.388 e. The molecule has 1 heterocycles. The van der Waals surface area contributed by atoms with Gasteiger partial charge in [0.1, 0.15) is 12.4 Å². The summed E-state index contributed by atoms with van der Waals surface area (Å²) in [5, 5.41) is 11.6. The molecule has 3 rings (SSSR count). The number of aliphatic hydroxyl groups is 1. The van der Waals surface area contributed by atoms with E-state index in [1.54, 1.807) is 0 Å². The Morgan fingerprint density at radius 3 is 2.69 bits per heavy atom. The van der Waals surface area contributed by atoms with Crippen molar-refractivity contribution in [2.24, 2.45) is 4.99 Å². The van der Waals surface area contributed by atoms with Gasteiger partial charge in [-0.2, -0.15) is 0 Å². The molecule has 0 spiro atoms. The van der Waals surface area contributed by atoms with E-state index >= 15 is 0 Å². The zero-order chi connectivity index (χ0) is 11.1. The molecule has 0 aromatic heterocycles. The van der Waals surface area contributed by atoms with Crippen molar-refractivity contribution < 1.29 is 5.11 Å². The summed E-state index contributed by atoms with van der Waals surface area (Å²) in [7, 11) is 1.93. The summed E-state index contributed by atoms with van der Waals surface area (Å²) in [5.41, 5.74) is 2.04. The highest BCUT2D eigenvalue weighted by Gasteiger charge is 2.18. The van der Waals surface area contributed by atoms with Crippen LogP contribution in [0.1, 0.15) is 0 Å². The van der Waals surface area contributed by atoms with Crippen molar-refractivity contribution in [3.05, 3.63) is 36.4 Å². The van der Waals surface area contributed by atoms with E-state index in [0.717, 1.165) is 16.8 Å². The fourth-order valence-corrected chi connectivity index (χ4v) is 2.17. The lowest BCUT2D eigenvalue weighted by molar-refractivity contribution is 0.355. The molecule has 0 radical (unpaired) electrons. The van der Waals surface area contributed by atoms with Crippen LogP contribution in [0.3, 0.4) is 0 Å². The third kappa shape index (κ3) is 1.15. The second-order valence-electron chi connectivity index (χ2n) is 3.90. The second-order valence-corrected chi connectivity index (χ2v) is 3.90. The molecular weight excluding hydrogens is 200 g/mol. The first-order valence-corrected chi connectivity index (χ1v) is 5.25. The first kappa shape index (κ1) is 9.36. The number of anilines is 1. The van der Waals surface area contributed by atoms with Gasteiger partial charge < -0.3 is 10.0 Å². The first-order chi connectivity index (χ1) is 7.81. The van der Waals surface area contributed by atoms with Crippen molar-refractivity contribution in [2.75, 3.05) is 18.6 Å². The molecule has 2 aromatic rings. The smallest absolute Gasteiger partial charge is 0.135 e. The van der Waals surface area contributed by atoms with E-state index in [2.05, 4.69) is 23.2 Å². The summed E-state index contributed by atoms with van der Waals surface area (Å²) in [6.45, 7) is -0.0405. The third-order valence-corrected chi connectivity index (χ3v) is 3.00. The van der Waals surface area contributed by atoms with E-state index in [9.17, 15) is 5.11 Å². The molecule has 0 atom stereocenters. The number of likely N-dealkylation sites (N-methyl/N-ethyl adjacent to an activating group) is 1. The number of rotatable bonds is 1. The van der Waals surface area contributed by atoms with Crippen LogP contribution in [0.25, 0.3) is 10.8 Å². The molecule has 0 unspecified atom stereocenters. The van der Waals surface area contributed by atoms with Gasteiger partial charge in [0.05, 0.1) is 11.4 Å². The summed E-state index contributed by atoms with van der Waals surface area (Å²) in [6, 6.07) is 12.2. The van der Waals surface area contributed by atoms with Crippen LogP contribution in [0.2, 0.25) is 0 Å². The summed E-state index contributed by atoms with van der Waals surface area (Å²) in [4.78, 5) is 6.40. The molecule has 16 heavy (non-hydrogen) atoms. The molecule has 0 aliphatic carbocycles. The highest BCUT2D eigenvalue weighted by atomic mass is 16.3. The summed E-state index contributed by atoms with van der Waals surface area (Å²) in [6.07, 6.45) is 0. The number of aliphatic hydroxyl groups excluding tert-OH is 1. The summed E-state index contributed by atoms with van der Waals surface area (Å²) >= 11 is 0. The molecule has 1 aliphatic heterocycles. The molecule has 0 bridgehead atoms. The maximum atomic E-state index is 9.27. The van der Waals surface area contributed by atoms with Crippen LogP contribution in [-0.4, -0.2) is 24.6 Å². The van der Waals surface area contributed by atoms with E-state index in [0.29, 0.717) is 5.84 Å².